The number of aliphatic imine (C=N–C) groups is 1. The second-order valence-electron chi connectivity index (χ2n) is 7.79. The van der Waals surface area contributed by atoms with E-state index < -0.39 is 5.60 Å². The summed E-state index contributed by atoms with van der Waals surface area (Å²) in [6.45, 7) is 7.72. The molecule has 6 nitrogen and oxygen atoms in total. The predicted octanol–water partition coefficient (Wildman–Crippen LogP) is 1.94. The van der Waals surface area contributed by atoms with Gasteiger partial charge in [-0.2, -0.15) is 0 Å². The fraction of sp³-hybridized carbons (Fsp3) is 0.765. The van der Waals surface area contributed by atoms with Gasteiger partial charge in [-0.15, -0.1) is 0 Å². The van der Waals surface area contributed by atoms with E-state index in [1.165, 1.54) is 0 Å². The minimum atomic E-state index is -0.441. The van der Waals surface area contributed by atoms with Gasteiger partial charge in [0, 0.05) is 6.54 Å². The van der Waals surface area contributed by atoms with E-state index in [4.69, 9.17) is 15.2 Å². The second-order valence-corrected chi connectivity index (χ2v) is 7.79. The molecule has 1 atom stereocenters. The fourth-order valence-corrected chi connectivity index (χ4v) is 3.19. The molecule has 1 unspecified atom stereocenters. The molecule has 0 bridgehead atoms. The first-order chi connectivity index (χ1) is 10.8. The summed E-state index contributed by atoms with van der Waals surface area (Å²) in [5.74, 6) is 1.78. The summed E-state index contributed by atoms with van der Waals surface area (Å²) in [6.07, 6.45) is 6.47. The van der Waals surface area contributed by atoms with E-state index in [0.29, 0.717) is 36.9 Å². The minimum Gasteiger partial charge on any atom is -0.444 e. The lowest BCUT2D eigenvalue weighted by Gasteiger charge is -2.45. The smallest absolute Gasteiger partial charge is 0.410 e. The van der Waals surface area contributed by atoms with Crippen molar-refractivity contribution in [2.75, 3.05) is 19.6 Å². The van der Waals surface area contributed by atoms with Gasteiger partial charge in [-0.25, -0.2) is 4.79 Å². The molecule has 0 aromatic heterocycles. The number of nitrogens with two attached hydrogens (primary N) is 1. The monoisotopic (exact) mass is 321 g/mol. The van der Waals surface area contributed by atoms with E-state index >= 15 is 0 Å². The number of carbonyl (C=O) groups is 1. The Balaban J connectivity index is 1.32. The Morgan fingerprint density at radius 3 is 2.57 bits per heavy atom. The van der Waals surface area contributed by atoms with Gasteiger partial charge in [-0.3, -0.25) is 4.99 Å². The molecule has 0 radical (unpaired) electrons. The van der Waals surface area contributed by atoms with E-state index in [0.717, 1.165) is 19.4 Å². The van der Waals surface area contributed by atoms with Gasteiger partial charge < -0.3 is 20.1 Å². The van der Waals surface area contributed by atoms with Gasteiger partial charge in [-0.05, 0) is 51.5 Å². The summed E-state index contributed by atoms with van der Waals surface area (Å²) in [7, 11) is 0. The molecule has 23 heavy (non-hydrogen) atoms. The second kappa shape index (κ2) is 6.15. The summed E-state index contributed by atoms with van der Waals surface area (Å²) in [5.41, 5.74) is 5.21. The first-order valence-corrected chi connectivity index (χ1v) is 8.41. The number of dihydropyridines is 1. The van der Waals surface area contributed by atoms with Crippen molar-refractivity contribution < 1.29 is 14.3 Å². The fourth-order valence-electron chi connectivity index (χ4n) is 3.19. The van der Waals surface area contributed by atoms with Crippen molar-refractivity contribution in [3.63, 3.8) is 0 Å². The van der Waals surface area contributed by atoms with Gasteiger partial charge in [0.25, 0.3) is 0 Å². The highest BCUT2D eigenvalue weighted by molar-refractivity contribution is 5.91. The largest absolute Gasteiger partial charge is 0.444 e. The molecule has 1 saturated carbocycles. The van der Waals surface area contributed by atoms with Crippen molar-refractivity contribution in [3.8, 4) is 0 Å². The first-order valence-electron chi connectivity index (χ1n) is 8.41. The lowest BCUT2D eigenvalue weighted by molar-refractivity contribution is -0.131. The SMILES string of the molecule is CC(C)(C)OC(=O)N1CC(OC2CC(C3C=CC(N)=NC3)C2)C1. The number of hydrogen-bond acceptors (Lipinski definition) is 5. The molecule has 0 aromatic rings. The van der Waals surface area contributed by atoms with Crippen molar-refractivity contribution in [2.45, 2.75) is 51.4 Å². The Kier molecular flexibility index (Phi) is 4.36. The van der Waals surface area contributed by atoms with Crippen LogP contribution in [0.1, 0.15) is 33.6 Å². The average Bonchev–Trinajstić information content (AvgIpc) is 2.34. The maximum Gasteiger partial charge on any atom is 0.410 e. The van der Waals surface area contributed by atoms with Crippen LogP contribution in [0.15, 0.2) is 17.1 Å². The number of amides is 1. The van der Waals surface area contributed by atoms with Gasteiger partial charge in [0.1, 0.15) is 11.4 Å². The molecule has 2 aliphatic heterocycles. The zero-order valence-electron chi connectivity index (χ0n) is 14.2. The molecule has 1 aliphatic carbocycles. The lowest BCUT2D eigenvalue weighted by Crippen LogP contribution is -2.57. The Bertz CT molecular complexity index is 512. The molecule has 3 rings (SSSR count). The molecule has 1 saturated heterocycles. The molecule has 2 N–H and O–H groups in total. The maximum absolute atomic E-state index is 11.9. The number of amidine groups is 1. The van der Waals surface area contributed by atoms with Crippen LogP contribution < -0.4 is 5.73 Å². The standard InChI is InChI=1S/C17H27N3O3/c1-17(2,3)23-16(21)20-9-14(10-20)22-13-6-12(7-13)11-4-5-15(18)19-8-11/h4-5,11-14H,6-10H2,1-3H3,(H2,18,19). The Morgan fingerprint density at radius 2 is 2.00 bits per heavy atom. The Hall–Kier alpha value is -1.56. The zero-order chi connectivity index (χ0) is 16.6. The first kappa shape index (κ1) is 16.3. The highest BCUT2D eigenvalue weighted by atomic mass is 16.6. The van der Waals surface area contributed by atoms with Crippen molar-refractivity contribution in [2.24, 2.45) is 22.6 Å². The molecule has 3 aliphatic rings. The van der Waals surface area contributed by atoms with Crippen molar-refractivity contribution in [1.82, 2.24) is 4.90 Å². The summed E-state index contributed by atoms with van der Waals surface area (Å²) in [6, 6.07) is 0. The van der Waals surface area contributed by atoms with Gasteiger partial charge >= 0.3 is 6.09 Å². The topological polar surface area (TPSA) is 77.1 Å². The zero-order valence-corrected chi connectivity index (χ0v) is 14.2. The summed E-state index contributed by atoms with van der Waals surface area (Å²) >= 11 is 0. The van der Waals surface area contributed by atoms with Crippen molar-refractivity contribution >= 4 is 11.9 Å². The molecule has 128 valence electrons. The summed E-state index contributed by atoms with van der Waals surface area (Å²) in [4.78, 5) is 17.9. The predicted molar refractivity (Wildman–Crippen MR) is 88.3 cm³/mol. The third kappa shape index (κ3) is 4.05. The minimum absolute atomic E-state index is 0.157. The number of likely N-dealkylation sites (tertiary alicyclic amines) is 1. The Labute approximate surface area is 137 Å². The quantitative estimate of drug-likeness (QED) is 0.862. The van der Waals surface area contributed by atoms with Crippen molar-refractivity contribution in [1.29, 1.82) is 0 Å². The van der Waals surface area contributed by atoms with Crippen LogP contribution in [-0.2, 0) is 9.47 Å². The van der Waals surface area contributed by atoms with Crippen LogP contribution in [0, 0.1) is 11.8 Å². The van der Waals surface area contributed by atoms with Crippen LogP contribution in [-0.4, -0.2) is 54.3 Å². The van der Waals surface area contributed by atoms with Crippen LogP contribution in [0.25, 0.3) is 0 Å². The van der Waals surface area contributed by atoms with E-state index in [-0.39, 0.29) is 12.2 Å². The molecule has 1 amide bonds. The van der Waals surface area contributed by atoms with Gasteiger partial charge in [-0.1, -0.05) is 6.08 Å². The highest BCUT2D eigenvalue weighted by Gasteiger charge is 2.40. The Morgan fingerprint density at radius 1 is 1.30 bits per heavy atom. The number of hydrogen-bond donors (Lipinski definition) is 1. The van der Waals surface area contributed by atoms with Gasteiger partial charge in [0.05, 0.1) is 25.3 Å². The molecular formula is C17H27N3O3. The van der Waals surface area contributed by atoms with Crippen LogP contribution in [0.3, 0.4) is 0 Å². The summed E-state index contributed by atoms with van der Waals surface area (Å²) < 4.78 is 11.4. The van der Waals surface area contributed by atoms with Crippen molar-refractivity contribution in [3.05, 3.63) is 12.2 Å². The van der Waals surface area contributed by atoms with E-state index in [2.05, 4.69) is 11.1 Å². The molecular weight excluding hydrogens is 294 g/mol. The number of ether oxygens (including phenoxy) is 2. The van der Waals surface area contributed by atoms with Gasteiger partial charge in [0.2, 0.25) is 0 Å². The van der Waals surface area contributed by atoms with Crippen LogP contribution >= 0.6 is 0 Å². The number of rotatable bonds is 3. The van der Waals surface area contributed by atoms with Gasteiger partial charge in [0.15, 0.2) is 0 Å². The third-order valence-corrected chi connectivity index (χ3v) is 4.62. The molecule has 2 fully saturated rings. The lowest BCUT2D eigenvalue weighted by atomic mass is 9.73. The van der Waals surface area contributed by atoms with E-state index in [9.17, 15) is 4.79 Å². The van der Waals surface area contributed by atoms with Crippen LogP contribution in [0.5, 0.6) is 0 Å². The molecule has 2 heterocycles. The van der Waals surface area contributed by atoms with E-state index in [1.807, 2.05) is 26.8 Å². The van der Waals surface area contributed by atoms with Crippen LogP contribution in [0.4, 0.5) is 4.79 Å². The average molecular weight is 321 g/mol. The van der Waals surface area contributed by atoms with Crippen LogP contribution in [0.2, 0.25) is 0 Å². The number of carbonyl (C=O) groups excluding carboxylic acids is 1. The summed E-state index contributed by atoms with van der Waals surface area (Å²) in [5, 5.41) is 0. The normalized spacial score (nSPS) is 31.2. The highest BCUT2D eigenvalue weighted by Crippen LogP contribution is 2.38. The molecule has 0 spiro atoms. The number of nitrogens with zero attached hydrogens (tertiary/aromatic N) is 2. The van der Waals surface area contributed by atoms with E-state index in [1.54, 1.807) is 4.90 Å². The molecule has 0 aromatic carbocycles. The maximum atomic E-state index is 11.9. The molecule has 6 heteroatoms. The third-order valence-electron chi connectivity index (χ3n) is 4.62.